The number of rotatable bonds is 7. The lowest BCUT2D eigenvalue weighted by Crippen LogP contribution is -2.30. The summed E-state index contributed by atoms with van der Waals surface area (Å²) in [5.41, 5.74) is 1.14. The van der Waals surface area contributed by atoms with Crippen LogP contribution in [0.1, 0.15) is 26.5 Å². The van der Waals surface area contributed by atoms with Crippen LogP contribution in [0.3, 0.4) is 0 Å². The highest BCUT2D eigenvalue weighted by Crippen LogP contribution is 2.22. The smallest absolute Gasteiger partial charge is 0.185 e. The van der Waals surface area contributed by atoms with Gasteiger partial charge >= 0.3 is 0 Å². The Morgan fingerprint density at radius 2 is 2.18 bits per heavy atom. The van der Waals surface area contributed by atoms with Crippen LogP contribution in [0, 0.1) is 0 Å². The van der Waals surface area contributed by atoms with Crippen molar-refractivity contribution < 1.29 is 0 Å². The number of hydrogen-bond donors (Lipinski definition) is 1. The van der Waals surface area contributed by atoms with E-state index >= 15 is 0 Å². The zero-order valence-corrected chi connectivity index (χ0v) is 13.0. The Morgan fingerprint density at radius 3 is 2.76 bits per heavy atom. The molecular weight excluding hydrogens is 250 g/mol. The molecular formula is C12H23N3S2. The first-order valence-corrected chi connectivity index (χ1v) is 8.21. The van der Waals surface area contributed by atoms with Gasteiger partial charge in [0.1, 0.15) is 0 Å². The highest BCUT2D eigenvalue weighted by Gasteiger charge is 2.13. The highest BCUT2D eigenvalue weighted by atomic mass is 32.2. The van der Waals surface area contributed by atoms with Crippen molar-refractivity contribution in [3.8, 4) is 0 Å². The summed E-state index contributed by atoms with van der Waals surface area (Å²) in [5, 5.41) is 6.65. The second-order valence-corrected chi connectivity index (χ2v) is 6.32. The van der Waals surface area contributed by atoms with Gasteiger partial charge in [-0.3, -0.25) is 0 Å². The number of nitrogens with zero attached hydrogens (tertiary/aromatic N) is 2. The third-order valence-corrected chi connectivity index (χ3v) is 4.40. The van der Waals surface area contributed by atoms with Gasteiger partial charge in [0.2, 0.25) is 0 Å². The summed E-state index contributed by atoms with van der Waals surface area (Å²) in [4.78, 5) is 6.92. The molecule has 0 spiro atoms. The number of anilines is 1. The first kappa shape index (κ1) is 14.8. The second-order valence-electron chi connectivity index (χ2n) is 4.57. The largest absolute Gasteiger partial charge is 0.348 e. The molecule has 0 saturated heterocycles. The molecule has 0 saturated carbocycles. The molecule has 1 unspecified atom stereocenters. The van der Waals surface area contributed by atoms with Crippen molar-refractivity contribution in [2.45, 2.75) is 39.4 Å². The lowest BCUT2D eigenvalue weighted by atomic mass is 10.3. The lowest BCUT2D eigenvalue weighted by molar-refractivity contribution is 0.582. The molecule has 0 aromatic carbocycles. The van der Waals surface area contributed by atoms with Gasteiger partial charge in [-0.15, -0.1) is 11.3 Å². The van der Waals surface area contributed by atoms with Crippen LogP contribution < -0.4 is 10.2 Å². The third kappa shape index (κ3) is 4.85. The van der Waals surface area contributed by atoms with E-state index in [0.717, 1.165) is 23.1 Å². The number of thioether (sulfide) groups is 1. The molecule has 3 nitrogen and oxygen atoms in total. The van der Waals surface area contributed by atoms with E-state index in [1.165, 1.54) is 0 Å². The molecule has 1 aromatic heterocycles. The van der Waals surface area contributed by atoms with Gasteiger partial charge in [-0.25, -0.2) is 4.98 Å². The van der Waals surface area contributed by atoms with E-state index < -0.39 is 0 Å². The normalized spacial score (nSPS) is 13.1. The summed E-state index contributed by atoms with van der Waals surface area (Å²) < 4.78 is 0. The fourth-order valence-electron chi connectivity index (χ4n) is 1.39. The molecule has 5 heteroatoms. The van der Waals surface area contributed by atoms with E-state index in [-0.39, 0.29) is 0 Å². The van der Waals surface area contributed by atoms with E-state index in [1.54, 1.807) is 11.3 Å². The molecule has 1 N–H and O–H groups in total. The minimum Gasteiger partial charge on any atom is -0.348 e. The minimum absolute atomic E-state index is 0.508. The molecule has 1 atom stereocenters. The number of thiazole rings is 1. The molecule has 0 aliphatic carbocycles. The molecule has 0 bridgehead atoms. The molecule has 1 aromatic rings. The SMILES string of the molecule is CSCC(C)N(C)c1nc(CNC(C)C)cs1. The summed E-state index contributed by atoms with van der Waals surface area (Å²) in [5.74, 6) is 1.13. The van der Waals surface area contributed by atoms with Gasteiger partial charge in [0.15, 0.2) is 5.13 Å². The molecule has 0 amide bonds. The number of hydrogen-bond acceptors (Lipinski definition) is 5. The van der Waals surface area contributed by atoms with Crippen LogP contribution in [0.15, 0.2) is 5.38 Å². The van der Waals surface area contributed by atoms with E-state index in [2.05, 4.69) is 54.7 Å². The molecule has 98 valence electrons. The summed E-state index contributed by atoms with van der Waals surface area (Å²) in [7, 11) is 2.12. The predicted octanol–water partition coefficient (Wildman–Crippen LogP) is 2.83. The average Bonchev–Trinajstić information content (AvgIpc) is 2.74. The van der Waals surface area contributed by atoms with Crippen molar-refractivity contribution in [3.05, 3.63) is 11.1 Å². The Balaban J connectivity index is 2.54. The Bertz CT molecular complexity index is 325. The molecule has 0 fully saturated rings. The summed E-state index contributed by atoms with van der Waals surface area (Å²) in [6, 6.07) is 1.04. The fraction of sp³-hybridized carbons (Fsp3) is 0.750. The van der Waals surface area contributed by atoms with E-state index in [9.17, 15) is 0 Å². The van der Waals surface area contributed by atoms with E-state index in [4.69, 9.17) is 0 Å². The van der Waals surface area contributed by atoms with Gasteiger partial charge in [-0.05, 0) is 13.2 Å². The van der Waals surface area contributed by atoms with E-state index in [1.807, 2.05) is 11.8 Å². The summed E-state index contributed by atoms with van der Waals surface area (Å²) >= 11 is 3.61. The first-order valence-electron chi connectivity index (χ1n) is 5.94. The predicted molar refractivity (Wildman–Crippen MR) is 80.3 cm³/mol. The van der Waals surface area contributed by atoms with Gasteiger partial charge in [0.25, 0.3) is 0 Å². The molecule has 1 heterocycles. The van der Waals surface area contributed by atoms with Crippen LogP contribution in [0.2, 0.25) is 0 Å². The van der Waals surface area contributed by atoms with Crippen molar-refractivity contribution in [1.82, 2.24) is 10.3 Å². The van der Waals surface area contributed by atoms with Crippen LogP contribution in [0.4, 0.5) is 5.13 Å². The highest BCUT2D eigenvalue weighted by molar-refractivity contribution is 7.98. The Labute approximate surface area is 113 Å². The van der Waals surface area contributed by atoms with Crippen molar-refractivity contribution in [3.63, 3.8) is 0 Å². The summed E-state index contributed by atoms with van der Waals surface area (Å²) in [6.07, 6.45) is 2.14. The third-order valence-electron chi connectivity index (χ3n) is 2.60. The van der Waals surface area contributed by atoms with E-state index in [0.29, 0.717) is 12.1 Å². The minimum atomic E-state index is 0.508. The Kier molecular flexibility index (Phi) is 6.30. The van der Waals surface area contributed by atoms with Crippen molar-refractivity contribution in [1.29, 1.82) is 0 Å². The molecule has 0 radical (unpaired) electrons. The number of nitrogens with one attached hydrogen (secondary N) is 1. The van der Waals surface area contributed by atoms with Gasteiger partial charge in [0, 0.05) is 36.8 Å². The maximum Gasteiger partial charge on any atom is 0.185 e. The summed E-state index contributed by atoms with van der Waals surface area (Å²) in [6.45, 7) is 7.41. The van der Waals surface area contributed by atoms with Crippen LogP contribution in [0.5, 0.6) is 0 Å². The van der Waals surface area contributed by atoms with Crippen LogP contribution >= 0.6 is 23.1 Å². The fourth-order valence-corrected chi connectivity index (χ4v) is 2.99. The molecule has 1 rings (SSSR count). The zero-order valence-electron chi connectivity index (χ0n) is 11.4. The average molecular weight is 273 g/mol. The van der Waals surface area contributed by atoms with Crippen molar-refractivity contribution in [2.75, 3.05) is 24.0 Å². The maximum atomic E-state index is 4.66. The molecule has 17 heavy (non-hydrogen) atoms. The van der Waals surface area contributed by atoms with Crippen molar-refractivity contribution in [2.24, 2.45) is 0 Å². The van der Waals surface area contributed by atoms with Crippen LogP contribution in [-0.4, -0.2) is 36.1 Å². The zero-order chi connectivity index (χ0) is 12.8. The van der Waals surface area contributed by atoms with Gasteiger partial charge in [-0.1, -0.05) is 13.8 Å². The Hall–Kier alpha value is -0.260. The molecule has 0 aliphatic heterocycles. The van der Waals surface area contributed by atoms with Gasteiger partial charge in [-0.2, -0.15) is 11.8 Å². The standard InChI is InChI=1S/C12H23N3S2/c1-9(2)13-6-11-8-17-12(14-11)15(4)10(3)7-16-5/h8-10,13H,6-7H2,1-5H3. The Morgan fingerprint density at radius 1 is 1.47 bits per heavy atom. The van der Waals surface area contributed by atoms with Gasteiger partial charge in [0.05, 0.1) is 5.69 Å². The quantitative estimate of drug-likeness (QED) is 0.827. The second kappa shape index (κ2) is 7.24. The first-order chi connectivity index (χ1) is 8.04. The van der Waals surface area contributed by atoms with Crippen LogP contribution in [0.25, 0.3) is 0 Å². The molecule has 0 aliphatic rings. The lowest BCUT2D eigenvalue weighted by Gasteiger charge is -2.23. The van der Waals surface area contributed by atoms with Gasteiger partial charge < -0.3 is 10.2 Å². The van der Waals surface area contributed by atoms with Crippen molar-refractivity contribution >= 4 is 28.2 Å². The maximum absolute atomic E-state index is 4.66. The van der Waals surface area contributed by atoms with Crippen LogP contribution in [-0.2, 0) is 6.54 Å². The number of aromatic nitrogens is 1. The monoisotopic (exact) mass is 273 g/mol. The topological polar surface area (TPSA) is 28.2 Å².